The van der Waals surface area contributed by atoms with E-state index in [1.54, 1.807) is 6.92 Å². The third kappa shape index (κ3) is 8.97. The molecule has 0 fully saturated rings. The van der Waals surface area contributed by atoms with Crippen molar-refractivity contribution in [2.24, 2.45) is 5.92 Å². The number of hydrogen-bond acceptors (Lipinski definition) is 4. The molecule has 2 atom stereocenters. The van der Waals surface area contributed by atoms with Gasteiger partial charge in [-0.05, 0) is 56.7 Å². The van der Waals surface area contributed by atoms with Crippen LogP contribution in [0.5, 0.6) is 0 Å². The Morgan fingerprint density at radius 1 is 1.38 bits per heavy atom. The van der Waals surface area contributed by atoms with Crippen molar-refractivity contribution in [3.8, 4) is 0 Å². The number of nitrogens with zero attached hydrogens (tertiary/aromatic N) is 1. The van der Waals surface area contributed by atoms with Gasteiger partial charge in [-0.3, -0.25) is 0 Å². The van der Waals surface area contributed by atoms with Crippen LogP contribution < -0.4 is 0 Å². The molecule has 0 aliphatic carbocycles. The first-order chi connectivity index (χ1) is 13.4. The van der Waals surface area contributed by atoms with Gasteiger partial charge < -0.3 is 13.9 Å². The molecular weight excluding hydrogens is 385 g/mol. The SMILES string of the molecule is CC(=CCC(O[Si](C)(C)C(C)(C)C)C(F)=Cc1coc(C)n1)CCCC(C)CO. The molecule has 6 heteroatoms. The second kappa shape index (κ2) is 11.2. The largest absolute Gasteiger partial charge is 0.449 e. The molecule has 1 aromatic heterocycles. The summed E-state index contributed by atoms with van der Waals surface area (Å²) < 4.78 is 26.8. The predicted octanol–water partition coefficient (Wildman–Crippen LogP) is 6.82. The number of allylic oxidation sites excluding steroid dienone is 1. The van der Waals surface area contributed by atoms with E-state index in [0.717, 1.165) is 19.3 Å². The normalized spacial score (nSPS) is 16.2. The number of aliphatic hydroxyl groups excluding tert-OH is 1. The molecular formula is C23H40FNO3Si. The van der Waals surface area contributed by atoms with E-state index in [1.165, 1.54) is 17.9 Å². The number of rotatable bonds is 11. The summed E-state index contributed by atoms with van der Waals surface area (Å²) in [6, 6.07) is 0. The molecule has 0 spiro atoms. The van der Waals surface area contributed by atoms with Crippen LogP contribution in [0.3, 0.4) is 0 Å². The van der Waals surface area contributed by atoms with Crippen LogP contribution in [0.1, 0.15) is 71.9 Å². The van der Waals surface area contributed by atoms with Crippen LogP contribution in [-0.2, 0) is 4.43 Å². The molecule has 29 heavy (non-hydrogen) atoms. The van der Waals surface area contributed by atoms with Gasteiger partial charge in [0.1, 0.15) is 23.9 Å². The van der Waals surface area contributed by atoms with Gasteiger partial charge in [-0.1, -0.05) is 39.3 Å². The summed E-state index contributed by atoms with van der Waals surface area (Å²) in [6.45, 7) is 16.8. The smallest absolute Gasteiger partial charge is 0.193 e. The number of aromatic nitrogens is 1. The number of oxazole rings is 1. The molecule has 0 amide bonds. The second-order valence-electron chi connectivity index (χ2n) is 9.65. The molecule has 0 aliphatic heterocycles. The van der Waals surface area contributed by atoms with Gasteiger partial charge in [0.15, 0.2) is 14.2 Å². The maximum absolute atomic E-state index is 15.2. The molecule has 1 rings (SSSR count). The van der Waals surface area contributed by atoms with E-state index in [9.17, 15) is 0 Å². The van der Waals surface area contributed by atoms with Crippen LogP contribution in [0.2, 0.25) is 18.1 Å². The topological polar surface area (TPSA) is 55.5 Å². The highest BCUT2D eigenvalue weighted by atomic mass is 28.4. The molecule has 1 heterocycles. The summed E-state index contributed by atoms with van der Waals surface area (Å²) in [5.41, 5.74) is 1.70. The lowest BCUT2D eigenvalue weighted by Crippen LogP contribution is -2.44. The zero-order valence-electron chi connectivity index (χ0n) is 19.5. The van der Waals surface area contributed by atoms with E-state index in [-0.39, 0.29) is 17.5 Å². The highest BCUT2D eigenvalue weighted by Crippen LogP contribution is 2.39. The van der Waals surface area contributed by atoms with Crippen molar-refractivity contribution < 1.29 is 18.3 Å². The minimum atomic E-state index is -2.14. The molecule has 0 bridgehead atoms. The molecule has 0 saturated carbocycles. The van der Waals surface area contributed by atoms with Crippen molar-refractivity contribution in [2.75, 3.05) is 6.61 Å². The minimum Gasteiger partial charge on any atom is -0.449 e. The first-order valence-electron chi connectivity index (χ1n) is 10.6. The van der Waals surface area contributed by atoms with Crippen molar-refractivity contribution in [1.82, 2.24) is 4.98 Å². The zero-order chi connectivity index (χ0) is 22.2. The summed E-state index contributed by atoms with van der Waals surface area (Å²) in [5.74, 6) is 0.517. The second-order valence-corrected chi connectivity index (χ2v) is 14.4. The molecule has 4 nitrogen and oxygen atoms in total. The van der Waals surface area contributed by atoms with Crippen LogP contribution >= 0.6 is 0 Å². The van der Waals surface area contributed by atoms with Crippen LogP contribution in [0.25, 0.3) is 6.08 Å². The summed E-state index contributed by atoms with van der Waals surface area (Å²) in [4.78, 5) is 4.18. The molecule has 1 aromatic rings. The molecule has 1 N–H and O–H groups in total. The van der Waals surface area contributed by atoms with Crippen LogP contribution in [-0.4, -0.2) is 31.1 Å². The van der Waals surface area contributed by atoms with Crippen molar-refractivity contribution in [1.29, 1.82) is 0 Å². The number of hydrogen-bond donors (Lipinski definition) is 1. The van der Waals surface area contributed by atoms with Gasteiger partial charge in [-0.15, -0.1) is 0 Å². The first-order valence-corrected chi connectivity index (χ1v) is 13.5. The van der Waals surface area contributed by atoms with Crippen LogP contribution in [0, 0.1) is 12.8 Å². The third-order valence-electron chi connectivity index (χ3n) is 5.73. The van der Waals surface area contributed by atoms with Gasteiger partial charge >= 0.3 is 0 Å². The number of aliphatic hydroxyl groups is 1. The first kappa shape index (κ1) is 25.8. The maximum atomic E-state index is 15.2. The number of halogens is 1. The monoisotopic (exact) mass is 425 g/mol. The Bertz CT molecular complexity index is 689. The van der Waals surface area contributed by atoms with Gasteiger partial charge in [-0.25, -0.2) is 9.37 Å². The Labute approximate surface area is 177 Å². The lowest BCUT2D eigenvalue weighted by molar-refractivity contribution is 0.191. The lowest BCUT2D eigenvalue weighted by Gasteiger charge is -2.38. The van der Waals surface area contributed by atoms with Crippen molar-refractivity contribution in [3.63, 3.8) is 0 Å². The highest BCUT2D eigenvalue weighted by molar-refractivity contribution is 6.74. The maximum Gasteiger partial charge on any atom is 0.193 e. The van der Waals surface area contributed by atoms with Gasteiger partial charge in [0, 0.05) is 19.6 Å². The fourth-order valence-electron chi connectivity index (χ4n) is 2.66. The Morgan fingerprint density at radius 3 is 2.55 bits per heavy atom. The van der Waals surface area contributed by atoms with Gasteiger partial charge in [-0.2, -0.15) is 0 Å². The average molecular weight is 426 g/mol. The zero-order valence-corrected chi connectivity index (χ0v) is 20.5. The fourth-order valence-corrected chi connectivity index (χ4v) is 3.93. The lowest BCUT2D eigenvalue weighted by atomic mass is 10.0. The van der Waals surface area contributed by atoms with Gasteiger partial charge in [0.2, 0.25) is 0 Å². The van der Waals surface area contributed by atoms with Crippen molar-refractivity contribution >= 4 is 14.4 Å². The predicted molar refractivity (Wildman–Crippen MR) is 121 cm³/mol. The van der Waals surface area contributed by atoms with Crippen molar-refractivity contribution in [2.45, 2.75) is 91.5 Å². The van der Waals surface area contributed by atoms with E-state index in [0.29, 0.717) is 23.9 Å². The van der Waals surface area contributed by atoms with E-state index < -0.39 is 14.4 Å². The Morgan fingerprint density at radius 2 is 2.03 bits per heavy atom. The third-order valence-corrected chi connectivity index (χ3v) is 10.2. The number of aryl methyl sites for hydroxylation is 1. The fraction of sp³-hybridized carbons (Fsp3) is 0.696. The van der Waals surface area contributed by atoms with Crippen molar-refractivity contribution in [3.05, 3.63) is 35.3 Å². The molecule has 0 radical (unpaired) electrons. The Kier molecular flexibility index (Phi) is 9.99. The summed E-state index contributed by atoms with van der Waals surface area (Å²) in [5, 5.41) is 9.14. The molecule has 0 aromatic carbocycles. The van der Waals surface area contributed by atoms with E-state index >= 15 is 4.39 Å². The van der Waals surface area contributed by atoms with E-state index in [2.05, 4.69) is 51.8 Å². The van der Waals surface area contributed by atoms with E-state index in [4.69, 9.17) is 13.9 Å². The van der Waals surface area contributed by atoms with Crippen LogP contribution in [0.15, 0.2) is 28.2 Å². The quantitative estimate of drug-likeness (QED) is 0.312. The Hall–Kier alpha value is -1.24. The molecule has 0 aliphatic rings. The van der Waals surface area contributed by atoms with E-state index in [1.807, 2.05) is 6.92 Å². The standard InChI is InChI=1S/C23H40FNO3Si/c1-17(10-9-11-18(2)15-26)12-13-22(28-29(7,8)23(4,5)6)21(24)14-20-16-27-19(3)25-20/h12,14,16,18,22,26H,9-11,13,15H2,1-8H3. The Balaban J connectivity index is 2.92. The highest BCUT2D eigenvalue weighted by Gasteiger charge is 2.39. The van der Waals surface area contributed by atoms with Gasteiger partial charge in [0.25, 0.3) is 0 Å². The molecule has 2 unspecified atom stereocenters. The molecule has 166 valence electrons. The minimum absolute atomic E-state index is 0.00476. The van der Waals surface area contributed by atoms with Gasteiger partial charge in [0.05, 0.1) is 0 Å². The molecule has 0 saturated heterocycles. The summed E-state index contributed by atoms with van der Waals surface area (Å²) in [7, 11) is -2.14. The summed E-state index contributed by atoms with van der Waals surface area (Å²) >= 11 is 0. The summed E-state index contributed by atoms with van der Waals surface area (Å²) in [6.07, 6.45) is 7.79. The average Bonchev–Trinajstić information content (AvgIpc) is 3.01. The van der Waals surface area contributed by atoms with Crippen LogP contribution in [0.4, 0.5) is 4.39 Å².